The van der Waals surface area contributed by atoms with E-state index < -0.39 is 32.5 Å². The number of thiocarbonyl (C=S) groups is 1. The third-order valence-electron chi connectivity index (χ3n) is 6.46. The van der Waals surface area contributed by atoms with Gasteiger partial charge in [0, 0.05) is 4.86 Å². The highest BCUT2D eigenvalue weighted by Gasteiger charge is 2.36. The number of piperidine rings is 1. The van der Waals surface area contributed by atoms with Crippen molar-refractivity contribution in [3.63, 3.8) is 0 Å². The number of nitrogens with zero attached hydrogens (tertiary/aromatic N) is 1. The zero-order valence-electron chi connectivity index (χ0n) is 21.9. The topological polar surface area (TPSA) is 113 Å². The van der Waals surface area contributed by atoms with Gasteiger partial charge in [-0.3, -0.25) is 14.9 Å². The SMILES string of the molecule is N#CC(=Cc1ccc(C=C2C(=O)NC(=O)C(c3ccc(Oc4ccccc4)cc3)C2=S)cc1)S(=O)(=O)c1ccccc1. The fraction of sp³-hybridized carbons (Fsp3) is 0.0303. The van der Waals surface area contributed by atoms with Crippen LogP contribution in [-0.2, 0) is 19.4 Å². The number of imide groups is 1. The van der Waals surface area contributed by atoms with E-state index in [0.29, 0.717) is 28.2 Å². The van der Waals surface area contributed by atoms with Crippen LogP contribution in [0.25, 0.3) is 12.2 Å². The van der Waals surface area contributed by atoms with Crippen molar-refractivity contribution in [2.75, 3.05) is 0 Å². The molecule has 1 aliphatic heterocycles. The van der Waals surface area contributed by atoms with Crippen molar-refractivity contribution >= 4 is 50.9 Å². The molecule has 4 aromatic carbocycles. The van der Waals surface area contributed by atoms with Crippen LogP contribution in [0, 0.1) is 11.3 Å². The second kappa shape index (κ2) is 12.1. The molecule has 1 unspecified atom stereocenters. The molecule has 1 atom stereocenters. The lowest BCUT2D eigenvalue weighted by molar-refractivity contribution is -0.129. The maximum atomic E-state index is 12.9. The minimum atomic E-state index is -3.97. The van der Waals surface area contributed by atoms with E-state index in [-0.39, 0.29) is 15.3 Å². The van der Waals surface area contributed by atoms with E-state index in [1.165, 1.54) is 18.2 Å². The van der Waals surface area contributed by atoms with Gasteiger partial charge in [0.2, 0.25) is 15.7 Å². The molecule has 0 saturated carbocycles. The van der Waals surface area contributed by atoms with E-state index in [0.717, 1.165) is 0 Å². The Balaban J connectivity index is 1.36. The summed E-state index contributed by atoms with van der Waals surface area (Å²) < 4.78 is 31.5. The highest BCUT2D eigenvalue weighted by Crippen LogP contribution is 2.30. The second-order valence-electron chi connectivity index (χ2n) is 9.26. The van der Waals surface area contributed by atoms with Gasteiger partial charge in [0.05, 0.1) is 16.4 Å². The quantitative estimate of drug-likeness (QED) is 0.121. The summed E-state index contributed by atoms with van der Waals surface area (Å²) in [5, 5.41) is 11.9. The van der Waals surface area contributed by atoms with Gasteiger partial charge in [-0.15, -0.1) is 0 Å². The largest absolute Gasteiger partial charge is 0.457 e. The fourth-order valence-electron chi connectivity index (χ4n) is 4.33. The highest BCUT2D eigenvalue weighted by atomic mass is 32.2. The molecule has 1 N–H and O–H groups in total. The van der Waals surface area contributed by atoms with Crippen LogP contribution in [0.2, 0.25) is 0 Å². The summed E-state index contributed by atoms with van der Waals surface area (Å²) in [6.45, 7) is 0. The molecule has 1 aliphatic rings. The first kappa shape index (κ1) is 28.4. The van der Waals surface area contributed by atoms with E-state index in [4.69, 9.17) is 17.0 Å². The lowest BCUT2D eigenvalue weighted by Gasteiger charge is -2.25. The summed E-state index contributed by atoms with van der Waals surface area (Å²) in [7, 11) is -3.97. The molecular weight excluding hydrogens is 569 g/mol. The number of para-hydroxylation sites is 1. The molecule has 7 nitrogen and oxygen atoms in total. The average Bonchev–Trinajstić information content (AvgIpc) is 3.00. The van der Waals surface area contributed by atoms with Gasteiger partial charge in [0.25, 0.3) is 5.91 Å². The molecule has 206 valence electrons. The van der Waals surface area contributed by atoms with Crippen molar-refractivity contribution in [1.82, 2.24) is 5.32 Å². The normalized spacial score (nSPS) is 16.5. The van der Waals surface area contributed by atoms with Crippen molar-refractivity contribution in [2.45, 2.75) is 10.8 Å². The maximum Gasteiger partial charge on any atom is 0.259 e. The van der Waals surface area contributed by atoms with Gasteiger partial charge in [-0.25, -0.2) is 8.42 Å². The summed E-state index contributed by atoms with van der Waals surface area (Å²) >= 11 is 5.61. The van der Waals surface area contributed by atoms with E-state index in [1.54, 1.807) is 78.9 Å². The summed E-state index contributed by atoms with van der Waals surface area (Å²) in [4.78, 5) is 25.3. The number of rotatable bonds is 7. The van der Waals surface area contributed by atoms with Crippen LogP contribution in [0.1, 0.15) is 22.6 Å². The van der Waals surface area contributed by atoms with Crippen LogP contribution in [0.5, 0.6) is 11.5 Å². The number of amides is 2. The molecule has 0 bridgehead atoms. The number of allylic oxidation sites excluding steroid dienone is 1. The zero-order valence-corrected chi connectivity index (χ0v) is 23.6. The Morgan fingerprint density at radius 3 is 2.00 bits per heavy atom. The Labute approximate surface area is 248 Å². The summed E-state index contributed by atoms with van der Waals surface area (Å²) in [5.74, 6) is -0.698. The molecule has 1 heterocycles. The van der Waals surface area contributed by atoms with Crippen molar-refractivity contribution in [1.29, 1.82) is 5.26 Å². The molecule has 2 amide bonds. The number of hydrogen-bond donors (Lipinski definition) is 1. The Morgan fingerprint density at radius 2 is 1.38 bits per heavy atom. The van der Waals surface area contributed by atoms with Crippen molar-refractivity contribution in [2.24, 2.45) is 0 Å². The van der Waals surface area contributed by atoms with Gasteiger partial charge in [0.1, 0.15) is 22.5 Å². The molecule has 0 aromatic heterocycles. The third-order valence-corrected chi connectivity index (χ3v) is 8.60. The number of hydrogen-bond acceptors (Lipinski definition) is 7. The number of nitrogens with one attached hydrogen (secondary N) is 1. The minimum Gasteiger partial charge on any atom is -0.457 e. The van der Waals surface area contributed by atoms with Crippen LogP contribution >= 0.6 is 12.2 Å². The summed E-state index contributed by atoms with van der Waals surface area (Å²) in [6, 6.07) is 32.3. The Bertz CT molecular complexity index is 1870. The van der Waals surface area contributed by atoms with Gasteiger partial charge in [-0.05, 0) is 65.2 Å². The van der Waals surface area contributed by atoms with Crippen molar-refractivity contribution in [3.8, 4) is 17.6 Å². The predicted octanol–water partition coefficient (Wildman–Crippen LogP) is 6.01. The fourth-order valence-corrected chi connectivity index (χ4v) is 5.91. The van der Waals surface area contributed by atoms with Gasteiger partial charge in [-0.2, -0.15) is 5.26 Å². The first-order chi connectivity index (χ1) is 20.3. The molecule has 5 rings (SSSR count). The molecule has 0 aliphatic carbocycles. The standard InChI is InChI=1S/C33H22N2O5S2/c34-21-28(42(38,39)27-9-5-2-6-10-27)19-22-11-13-23(14-12-22)20-29-31(41)30(33(37)35-32(29)36)24-15-17-26(18-16-24)40-25-7-3-1-4-8-25/h1-20,30H,(H,35,36,37). The van der Waals surface area contributed by atoms with Crippen molar-refractivity contribution in [3.05, 3.63) is 136 Å². The monoisotopic (exact) mass is 590 g/mol. The molecule has 0 spiro atoms. The molecule has 0 radical (unpaired) electrons. The highest BCUT2D eigenvalue weighted by molar-refractivity contribution is 7.95. The summed E-state index contributed by atoms with van der Waals surface area (Å²) in [6.07, 6.45) is 2.86. The number of sulfone groups is 1. The van der Waals surface area contributed by atoms with Crippen molar-refractivity contribution < 1.29 is 22.7 Å². The second-order valence-corrected chi connectivity index (χ2v) is 11.6. The number of ether oxygens (including phenoxy) is 1. The van der Waals surface area contributed by atoms with Crippen LogP contribution in [0.15, 0.2) is 125 Å². The van der Waals surface area contributed by atoms with Crippen LogP contribution in [0.4, 0.5) is 0 Å². The van der Waals surface area contributed by atoms with E-state index in [2.05, 4.69) is 5.32 Å². The van der Waals surface area contributed by atoms with E-state index in [9.17, 15) is 23.3 Å². The van der Waals surface area contributed by atoms with Crippen LogP contribution < -0.4 is 10.1 Å². The average molecular weight is 591 g/mol. The number of carbonyl (C=O) groups excluding carboxylic acids is 2. The first-order valence-electron chi connectivity index (χ1n) is 12.7. The van der Waals surface area contributed by atoms with E-state index in [1.807, 2.05) is 30.3 Å². The zero-order chi connectivity index (χ0) is 29.7. The summed E-state index contributed by atoms with van der Waals surface area (Å²) in [5.41, 5.74) is 1.87. The first-order valence-corrected chi connectivity index (χ1v) is 14.6. The molecule has 1 fully saturated rings. The van der Waals surface area contributed by atoms with Gasteiger partial charge in [0.15, 0.2) is 0 Å². The minimum absolute atomic E-state index is 0.0263. The van der Waals surface area contributed by atoms with Gasteiger partial charge >= 0.3 is 0 Å². The molecular formula is C33H22N2O5S2. The van der Waals surface area contributed by atoms with E-state index >= 15 is 0 Å². The van der Waals surface area contributed by atoms with Crippen LogP contribution in [-0.4, -0.2) is 25.1 Å². The molecule has 9 heteroatoms. The Hall–Kier alpha value is -5.17. The Morgan fingerprint density at radius 1 is 0.810 bits per heavy atom. The predicted molar refractivity (Wildman–Crippen MR) is 163 cm³/mol. The van der Waals surface area contributed by atoms with Gasteiger partial charge < -0.3 is 4.74 Å². The lowest BCUT2D eigenvalue weighted by Crippen LogP contribution is -2.45. The molecule has 42 heavy (non-hydrogen) atoms. The number of nitriles is 1. The third kappa shape index (κ3) is 6.10. The lowest BCUT2D eigenvalue weighted by atomic mass is 9.86. The smallest absolute Gasteiger partial charge is 0.259 e. The maximum absolute atomic E-state index is 12.9. The Kier molecular flexibility index (Phi) is 8.20. The molecule has 4 aromatic rings. The molecule has 1 saturated heterocycles. The number of carbonyl (C=O) groups is 2. The number of benzene rings is 4. The van der Waals surface area contributed by atoms with Gasteiger partial charge in [-0.1, -0.05) is 85.0 Å². The van der Waals surface area contributed by atoms with Crippen LogP contribution in [0.3, 0.4) is 0 Å².